The molecular formula is C9H19InO2. The first-order valence-electron chi connectivity index (χ1n) is 4.28. The minimum absolute atomic E-state index is 0. The fourth-order valence-electron chi connectivity index (χ4n) is 2.01. The van der Waals surface area contributed by atoms with E-state index < -0.39 is 11.4 Å². The van der Waals surface area contributed by atoms with E-state index >= 15 is 0 Å². The van der Waals surface area contributed by atoms with Crippen molar-refractivity contribution in [2.24, 2.45) is 11.3 Å². The molecule has 12 heavy (non-hydrogen) atoms. The van der Waals surface area contributed by atoms with Gasteiger partial charge < -0.3 is 5.11 Å². The van der Waals surface area contributed by atoms with Crippen LogP contribution in [0.5, 0.6) is 0 Å². The molecule has 1 aliphatic carbocycles. The van der Waals surface area contributed by atoms with Crippen molar-refractivity contribution in [2.75, 3.05) is 0 Å². The molecule has 1 fully saturated rings. The molecule has 0 bridgehead atoms. The fourth-order valence-corrected chi connectivity index (χ4v) is 2.01. The van der Waals surface area contributed by atoms with Gasteiger partial charge in [0, 0.05) is 0 Å². The predicted octanol–water partition coefficient (Wildman–Crippen LogP) is 1.10. The standard InChI is InChI=1S/C9H16O2.In.3H/c1-7-4-3-5-9(2,6-7)8(10)11;;;;/h7H,3-6H2,1-2H3,(H,10,11);;;;. The number of aliphatic carboxylic acids is 1. The maximum atomic E-state index is 10.8. The molecule has 2 nitrogen and oxygen atoms in total. The summed E-state index contributed by atoms with van der Waals surface area (Å²) in [6.07, 6.45) is 3.97. The van der Waals surface area contributed by atoms with Crippen LogP contribution in [0.25, 0.3) is 0 Å². The number of rotatable bonds is 1. The van der Waals surface area contributed by atoms with E-state index in [1.54, 1.807) is 0 Å². The van der Waals surface area contributed by atoms with Gasteiger partial charge in [0.25, 0.3) is 0 Å². The van der Waals surface area contributed by atoms with Crippen LogP contribution < -0.4 is 0 Å². The van der Waals surface area contributed by atoms with Crippen LogP contribution in [0.15, 0.2) is 0 Å². The summed E-state index contributed by atoms with van der Waals surface area (Å²) in [4.78, 5) is 10.8. The van der Waals surface area contributed by atoms with Crippen LogP contribution in [0.4, 0.5) is 0 Å². The third kappa shape index (κ3) is 2.68. The van der Waals surface area contributed by atoms with Crippen molar-refractivity contribution in [1.29, 1.82) is 0 Å². The van der Waals surface area contributed by atoms with Gasteiger partial charge in [-0.3, -0.25) is 4.79 Å². The number of carboxylic acids is 1. The topological polar surface area (TPSA) is 37.3 Å². The number of hydrogen-bond donors (Lipinski definition) is 1. The van der Waals surface area contributed by atoms with Crippen molar-refractivity contribution in [3.63, 3.8) is 0 Å². The number of carboxylic acid groups (broad SMARTS) is 1. The molecule has 0 spiro atoms. The first kappa shape index (κ1) is 12.3. The summed E-state index contributed by atoms with van der Waals surface area (Å²) in [6.45, 7) is 4.01. The maximum absolute atomic E-state index is 10.8. The summed E-state index contributed by atoms with van der Waals surface area (Å²) >= 11 is 0. The van der Waals surface area contributed by atoms with Crippen molar-refractivity contribution in [3.05, 3.63) is 0 Å². The summed E-state index contributed by atoms with van der Waals surface area (Å²) in [5, 5.41) is 8.92. The summed E-state index contributed by atoms with van der Waals surface area (Å²) < 4.78 is 0. The van der Waals surface area contributed by atoms with E-state index in [4.69, 9.17) is 5.11 Å². The van der Waals surface area contributed by atoms with Crippen molar-refractivity contribution in [3.8, 4) is 0 Å². The summed E-state index contributed by atoms with van der Waals surface area (Å²) in [7, 11) is 0. The van der Waals surface area contributed by atoms with Crippen LogP contribution in [0, 0.1) is 11.3 Å². The SMILES string of the molecule is CC1CCCC(C)(C(=O)O)C1.[InH3]. The Labute approximate surface area is 92.5 Å². The molecular weight excluding hydrogens is 255 g/mol. The average Bonchev–Trinajstić information content (AvgIpc) is 1.86. The normalized spacial score (nSPS) is 35.3. The van der Waals surface area contributed by atoms with Crippen LogP contribution in [-0.4, -0.2) is 36.9 Å². The van der Waals surface area contributed by atoms with Gasteiger partial charge in [0.15, 0.2) is 0 Å². The van der Waals surface area contributed by atoms with Gasteiger partial charge in [-0.05, 0) is 25.7 Å². The van der Waals surface area contributed by atoms with Gasteiger partial charge in [0.05, 0.1) is 5.41 Å². The molecule has 0 aromatic rings. The Morgan fingerprint density at radius 2 is 2.17 bits per heavy atom. The second kappa shape index (κ2) is 4.54. The van der Waals surface area contributed by atoms with Gasteiger partial charge in [0.2, 0.25) is 0 Å². The molecule has 0 aromatic heterocycles. The van der Waals surface area contributed by atoms with Crippen LogP contribution in [0.3, 0.4) is 0 Å². The van der Waals surface area contributed by atoms with E-state index in [2.05, 4.69) is 6.92 Å². The van der Waals surface area contributed by atoms with Gasteiger partial charge in [0.1, 0.15) is 0 Å². The van der Waals surface area contributed by atoms with Crippen molar-refractivity contribution in [1.82, 2.24) is 0 Å². The Kier molecular flexibility index (Phi) is 4.67. The first-order valence-corrected chi connectivity index (χ1v) is 4.28. The second-order valence-corrected chi connectivity index (χ2v) is 4.07. The van der Waals surface area contributed by atoms with E-state index in [0.717, 1.165) is 19.3 Å². The molecule has 1 aliphatic rings. The van der Waals surface area contributed by atoms with Gasteiger partial charge in [-0.25, -0.2) is 0 Å². The Bertz CT molecular complexity index is 170. The zero-order valence-electron chi connectivity index (χ0n) is 7.26. The Morgan fingerprint density at radius 3 is 2.50 bits per heavy atom. The molecule has 0 radical (unpaired) electrons. The van der Waals surface area contributed by atoms with E-state index in [1.165, 1.54) is 6.42 Å². The van der Waals surface area contributed by atoms with E-state index in [9.17, 15) is 4.79 Å². The van der Waals surface area contributed by atoms with Crippen molar-refractivity contribution in [2.45, 2.75) is 39.5 Å². The Morgan fingerprint density at radius 1 is 1.58 bits per heavy atom. The molecule has 3 heteroatoms. The molecule has 0 aromatic carbocycles. The van der Waals surface area contributed by atoms with Gasteiger partial charge >= 0.3 is 31.8 Å². The minimum atomic E-state index is -0.621. The molecule has 0 aliphatic heterocycles. The summed E-state index contributed by atoms with van der Waals surface area (Å²) in [6, 6.07) is 0. The molecule has 2 unspecified atom stereocenters. The van der Waals surface area contributed by atoms with E-state index in [0.29, 0.717) is 5.92 Å². The molecule has 1 N–H and O–H groups in total. The quantitative estimate of drug-likeness (QED) is 0.777. The molecule has 1 saturated carbocycles. The molecule has 70 valence electrons. The van der Waals surface area contributed by atoms with Crippen LogP contribution in [0.1, 0.15) is 39.5 Å². The zero-order chi connectivity index (χ0) is 8.48. The van der Waals surface area contributed by atoms with Crippen LogP contribution >= 0.6 is 0 Å². The third-order valence-electron chi connectivity index (χ3n) is 2.74. The van der Waals surface area contributed by atoms with Gasteiger partial charge in [-0.1, -0.05) is 19.8 Å². The van der Waals surface area contributed by atoms with Crippen LogP contribution in [0.2, 0.25) is 0 Å². The van der Waals surface area contributed by atoms with Gasteiger partial charge in [-0.2, -0.15) is 0 Å². The third-order valence-corrected chi connectivity index (χ3v) is 2.74. The monoisotopic (exact) mass is 274 g/mol. The van der Waals surface area contributed by atoms with Crippen molar-refractivity contribution < 1.29 is 9.90 Å². The van der Waals surface area contributed by atoms with Crippen molar-refractivity contribution >= 4 is 31.8 Å². The molecule has 0 amide bonds. The summed E-state index contributed by atoms with van der Waals surface area (Å²) in [5.74, 6) is -0.0334. The van der Waals surface area contributed by atoms with Gasteiger partial charge in [-0.15, -0.1) is 0 Å². The predicted molar refractivity (Wildman–Crippen MR) is 53.3 cm³/mol. The Balaban J connectivity index is 0.00000121. The van der Waals surface area contributed by atoms with Crippen LogP contribution in [-0.2, 0) is 4.79 Å². The molecule has 0 saturated heterocycles. The molecule has 2 atom stereocenters. The Hall–Kier alpha value is 0.340. The number of hydrogen-bond acceptors (Lipinski definition) is 1. The molecule has 0 heterocycles. The summed E-state index contributed by atoms with van der Waals surface area (Å²) in [5.41, 5.74) is -0.433. The number of carbonyl (C=O) groups is 1. The van der Waals surface area contributed by atoms with E-state index in [1.807, 2.05) is 6.92 Å². The molecule has 1 rings (SSSR count). The van der Waals surface area contributed by atoms with E-state index in [-0.39, 0.29) is 25.8 Å². The average molecular weight is 274 g/mol. The fraction of sp³-hybridized carbons (Fsp3) is 0.889. The first-order chi connectivity index (χ1) is 5.04. The second-order valence-electron chi connectivity index (χ2n) is 4.07. The zero-order valence-corrected chi connectivity index (χ0v) is 7.26.